The van der Waals surface area contributed by atoms with Crippen LogP contribution in [0.2, 0.25) is 0 Å². The fourth-order valence-corrected chi connectivity index (χ4v) is 8.42. The quantitative estimate of drug-likeness (QED) is 0.0306. The average Bonchev–Trinajstić information content (AvgIpc) is 3.36. The number of carbonyl (C=O) groups is 2. The van der Waals surface area contributed by atoms with Crippen LogP contribution in [0.4, 0.5) is 0 Å². The van der Waals surface area contributed by atoms with Crippen LogP contribution in [0.15, 0.2) is 109 Å². The first-order valence-corrected chi connectivity index (χ1v) is 29.1. The summed E-state index contributed by atoms with van der Waals surface area (Å²) in [6, 6.07) is 27.1. The van der Waals surface area contributed by atoms with Crippen LogP contribution in [0.1, 0.15) is 176 Å². The molecule has 0 aromatic heterocycles. The topological polar surface area (TPSA) is 126 Å². The lowest BCUT2D eigenvalue weighted by atomic mass is 9.73. The van der Waals surface area contributed by atoms with Crippen molar-refractivity contribution in [2.75, 3.05) is 52.9 Å². The van der Waals surface area contributed by atoms with E-state index in [1.54, 1.807) is 13.8 Å². The van der Waals surface area contributed by atoms with Crippen molar-refractivity contribution in [3.63, 3.8) is 0 Å². The highest BCUT2D eigenvalue weighted by Crippen LogP contribution is 2.41. The summed E-state index contributed by atoms with van der Waals surface area (Å²) in [5, 5.41) is 0. The Morgan fingerprint density at radius 2 is 0.738 bits per heavy atom. The molecule has 0 amide bonds. The zero-order chi connectivity index (χ0) is 60.1. The third kappa shape index (κ3) is 24.3. The number of ether oxygens (including phenoxy) is 10. The SMILES string of the molecule is C=C(C)C(=O)OC(C)(C)C(COc1ccccc1)COC(C)(C)C(C)(C)CCCCOC(C)(C)CCOc1cccc(OCCC(C)(C)OCCCCC(C)(C)C(C)(C)OCC(COc2ccccc2)C(C)(C)OC(=O)C(=C)C)c1. The van der Waals surface area contributed by atoms with Crippen LogP contribution in [0, 0.1) is 22.7 Å². The number of unbranched alkanes of at least 4 members (excludes halogenated alkanes) is 2. The van der Waals surface area contributed by atoms with Gasteiger partial charge >= 0.3 is 11.9 Å². The van der Waals surface area contributed by atoms with Gasteiger partial charge in [0.25, 0.3) is 0 Å². The molecule has 3 aromatic carbocycles. The van der Waals surface area contributed by atoms with Crippen LogP contribution in [0.3, 0.4) is 0 Å². The molecule has 0 heterocycles. The Morgan fingerprint density at radius 3 is 1.07 bits per heavy atom. The summed E-state index contributed by atoms with van der Waals surface area (Å²) in [5.41, 5.74) is -3.00. The first-order chi connectivity index (χ1) is 37.1. The van der Waals surface area contributed by atoms with Crippen LogP contribution in [-0.2, 0) is 38.0 Å². The number of rotatable bonds is 40. The third-order valence-electron chi connectivity index (χ3n) is 16.4. The molecule has 12 nitrogen and oxygen atoms in total. The second-order valence-electron chi connectivity index (χ2n) is 26.4. The van der Waals surface area contributed by atoms with E-state index in [1.165, 1.54) is 0 Å². The highest BCUT2D eigenvalue weighted by molar-refractivity contribution is 5.87. The van der Waals surface area contributed by atoms with Gasteiger partial charge in [0.15, 0.2) is 0 Å². The van der Waals surface area contributed by atoms with Crippen LogP contribution in [0.5, 0.6) is 23.0 Å². The molecule has 0 spiro atoms. The molecule has 2 atom stereocenters. The second kappa shape index (κ2) is 31.0. The molecule has 450 valence electrons. The van der Waals surface area contributed by atoms with E-state index in [0.29, 0.717) is 64.0 Å². The van der Waals surface area contributed by atoms with Gasteiger partial charge in [0, 0.05) is 43.3 Å². The summed E-state index contributed by atoms with van der Waals surface area (Å²) in [4.78, 5) is 25.2. The molecular formula is C68H106O12. The number of benzene rings is 3. The molecular weight excluding hydrogens is 1010 g/mol. The maximum Gasteiger partial charge on any atom is 0.333 e. The van der Waals surface area contributed by atoms with Crippen molar-refractivity contribution in [1.82, 2.24) is 0 Å². The molecule has 80 heavy (non-hydrogen) atoms. The molecule has 0 saturated heterocycles. The van der Waals surface area contributed by atoms with Crippen LogP contribution < -0.4 is 18.9 Å². The molecule has 0 radical (unpaired) electrons. The van der Waals surface area contributed by atoms with E-state index in [0.717, 1.165) is 74.4 Å². The molecule has 0 aliphatic rings. The zero-order valence-corrected chi connectivity index (χ0v) is 52.9. The minimum atomic E-state index is -0.855. The number of para-hydroxylation sites is 2. The van der Waals surface area contributed by atoms with Gasteiger partial charge in [-0.3, -0.25) is 0 Å². The predicted octanol–water partition coefficient (Wildman–Crippen LogP) is 16.0. The van der Waals surface area contributed by atoms with E-state index in [-0.39, 0.29) is 33.9 Å². The van der Waals surface area contributed by atoms with Crippen LogP contribution >= 0.6 is 0 Å². The summed E-state index contributed by atoms with van der Waals surface area (Å²) < 4.78 is 62.8. The van der Waals surface area contributed by atoms with Gasteiger partial charge in [-0.15, -0.1) is 0 Å². The summed E-state index contributed by atoms with van der Waals surface area (Å²) >= 11 is 0. The largest absolute Gasteiger partial charge is 0.493 e. The standard InChI is InChI=1S/C68H106O12/c1-51(2)59(69)79-65(13,14)53(47-73-55-32-23-21-24-33-55)49-77-67(17,18)61(5,6)38-27-29-42-75-63(9,10)40-44-71-57-36-31-37-58(46-57)72-45-41-64(11,12)76-43-30-28-39-62(7,8)68(19,20)78-50-54(48-74-56-34-25-22-26-35-56)66(15,16)80-60(70)52(3)4/h21-26,31-37,46,53-54H,1,3,27-30,38-45,47-50H2,2,4-20H3. The molecule has 12 heteroatoms. The minimum absolute atomic E-state index is 0.157. The number of hydrogen-bond donors (Lipinski definition) is 0. The van der Waals surface area contributed by atoms with E-state index in [1.807, 2.05) is 113 Å². The molecule has 3 rings (SSSR count). The Kier molecular flexibility index (Phi) is 26.9. The predicted molar refractivity (Wildman–Crippen MR) is 323 cm³/mol. The van der Waals surface area contributed by atoms with Gasteiger partial charge in [0.1, 0.15) is 34.2 Å². The van der Waals surface area contributed by atoms with Gasteiger partial charge in [0.05, 0.1) is 73.9 Å². The van der Waals surface area contributed by atoms with Gasteiger partial charge in [-0.25, -0.2) is 9.59 Å². The Morgan fingerprint density at radius 1 is 0.400 bits per heavy atom. The summed E-state index contributed by atoms with van der Waals surface area (Å²) in [7, 11) is 0. The first kappa shape index (κ1) is 69.4. The Bertz CT molecular complexity index is 2170. The third-order valence-corrected chi connectivity index (χ3v) is 16.4. The number of esters is 2. The summed E-state index contributed by atoms with van der Waals surface area (Å²) in [6.07, 6.45) is 7.14. The van der Waals surface area contributed by atoms with E-state index in [4.69, 9.17) is 47.4 Å². The van der Waals surface area contributed by atoms with Crippen molar-refractivity contribution in [3.8, 4) is 23.0 Å². The van der Waals surface area contributed by atoms with Gasteiger partial charge in [-0.2, -0.15) is 0 Å². The number of hydrogen-bond acceptors (Lipinski definition) is 12. The summed E-state index contributed by atoms with van der Waals surface area (Å²) in [6.45, 7) is 48.1. The molecule has 3 aromatic rings. The molecule has 2 unspecified atom stereocenters. The Hall–Kier alpha value is -4.88. The lowest BCUT2D eigenvalue weighted by Gasteiger charge is -2.44. The molecule has 0 N–H and O–H groups in total. The normalized spacial score (nSPS) is 13.7. The monoisotopic (exact) mass is 1110 g/mol. The fraction of sp³-hybridized carbons (Fsp3) is 0.647. The van der Waals surface area contributed by atoms with Crippen molar-refractivity contribution in [3.05, 3.63) is 109 Å². The maximum atomic E-state index is 12.6. The van der Waals surface area contributed by atoms with E-state index >= 15 is 0 Å². The molecule has 0 aliphatic heterocycles. The lowest BCUT2D eigenvalue weighted by Crippen LogP contribution is -2.47. The highest BCUT2D eigenvalue weighted by atomic mass is 16.6. The minimum Gasteiger partial charge on any atom is -0.493 e. The lowest BCUT2D eigenvalue weighted by molar-refractivity contribution is -0.171. The Balaban J connectivity index is 1.38. The van der Waals surface area contributed by atoms with Crippen LogP contribution in [-0.4, -0.2) is 98.4 Å². The molecule has 0 aliphatic carbocycles. The van der Waals surface area contributed by atoms with Gasteiger partial charge in [-0.1, -0.05) is 96.2 Å². The molecule has 0 fully saturated rings. The van der Waals surface area contributed by atoms with Crippen molar-refractivity contribution < 1.29 is 57.0 Å². The van der Waals surface area contributed by atoms with E-state index in [9.17, 15) is 9.59 Å². The first-order valence-electron chi connectivity index (χ1n) is 29.1. The molecule has 0 bridgehead atoms. The van der Waals surface area contributed by atoms with Crippen molar-refractivity contribution in [2.24, 2.45) is 22.7 Å². The number of carbonyl (C=O) groups excluding carboxylic acids is 2. The van der Waals surface area contributed by atoms with E-state index in [2.05, 4.69) is 96.2 Å². The summed E-state index contributed by atoms with van der Waals surface area (Å²) in [5.74, 6) is 1.69. The van der Waals surface area contributed by atoms with Gasteiger partial charge < -0.3 is 47.4 Å². The average molecular weight is 1120 g/mol. The molecule has 0 saturated carbocycles. The smallest absolute Gasteiger partial charge is 0.333 e. The van der Waals surface area contributed by atoms with Crippen molar-refractivity contribution in [1.29, 1.82) is 0 Å². The van der Waals surface area contributed by atoms with Crippen molar-refractivity contribution >= 4 is 11.9 Å². The van der Waals surface area contributed by atoms with Gasteiger partial charge in [-0.05, 0) is 170 Å². The van der Waals surface area contributed by atoms with E-state index < -0.39 is 34.3 Å². The highest BCUT2D eigenvalue weighted by Gasteiger charge is 2.43. The van der Waals surface area contributed by atoms with Crippen molar-refractivity contribution in [2.45, 2.75) is 210 Å². The van der Waals surface area contributed by atoms with Crippen LogP contribution in [0.25, 0.3) is 0 Å². The zero-order valence-electron chi connectivity index (χ0n) is 52.9. The fourth-order valence-electron chi connectivity index (χ4n) is 8.42. The second-order valence-corrected chi connectivity index (χ2v) is 26.4. The van der Waals surface area contributed by atoms with Gasteiger partial charge in [0.2, 0.25) is 0 Å². The maximum absolute atomic E-state index is 12.6. The Labute approximate surface area is 484 Å².